The van der Waals surface area contributed by atoms with Gasteiger partial charge in [-0.3, -0.25) is 4.48 Å². The summed E-state index contributed by atoms with van der Waals surface area (Å²) in [5.74, 6) is 0. The molecule has 0 aliphatic carbocycles. The average Bonchev–Trinajstić information content (AvgIpc) is 2.03. The summed E-state index contributed by atoms with van der Waals surface area (Å²) in [4.78, 5) is 0. The lowest BCUT2D eigenvalue weighted by molar-refractivity contribution is 0.282. The smallest absolute Gasteiger partial charge is 0.132 e. The largest absolute Gasteiger partial charge is 0.392 e. The third kappa shape index (κ3) is 2.06. The van der Waals surface area contributed by atoms with E-state index in [4.69, 9.17) is 5.11 Å². The number of aliphatic hydroxyl groups is 1. The van der Waals surface area contributed by atoms with Crippen molar-refractivity contribution in [1.29, 1.82) is 0 Å². The maximum atomic E-state index is 8.83. The van der Waals surface area contributed by atoms with Crippen LogP contribution in [0.5, 0.6) is 0 Å². The Labute approximate surface area is 73.7 Å². The number of quaternary nitrogens is 1. The predicted molar refractivity (Wildman–Crippen MR) is 51.9 cm³/mol. The molecule has 0 saturated carbocycles. The van der Waals surface area contributed by atoms with E-state index in [9.17, 15) is 0 Å². The van der Waals surface area contributed by atoms with E-state index < -0.39 is 0 Å². The average molecular weight is 166 g/mol. The van der Waals surface area contributed by atoms with Crippen LogP contribution < -0.4 is 4.48 Å². The first kappa shape index (κ1) is 9.23. The second kappa shape index (κ2) is 3.25. The minimum atomic E-state index is 0.122. The fourth-order valence-corrected chi connectivity index (χ4v) is 1.05. The Kier molecular flexibility index (Phi) is 2.50. The van der Waals surface area contributed by atoms with Crippen molar-refractivity contribution in [3.63, 3.8) is 0 Å². The first-order valence-electron chi connectivity index (χ1n) is 4.06. The normalized spacial score (nSPS) is 11.7. The SMILES string of the molecule is C[N+](C)(C)c1ccc(CO)cc1. The van der Waals surface area contributed by atoms with E-state index in [0.717, 1.165) is 10.0 Å². The van der Waals surface area contributed by atoms with Crippen molar-refractivity contribution in [2.45, 2.75) is 6.61 Å². The van der Waals surface area contributed by atoms with Gasteiger partial charge in [0, 0.05) is 0 Å². The monoisotopic (exact) mass is 166 g/mol. The van der Waals surface area contributed by atoms with Crippen LogP contribution in [0.15, 0.2) is 24.3 Å². The van der Waals surface area contributed by atoms with E-state index in [1.165, 1.54) is 5.69 Å². The van der Waals surface area contributed by atoms with Gasteiger partial charge in [0.25, 0.3) is 0 Å². The Morgan fingerprint density at radius 1 is 1.08 bits per heavy atom. The van der Waals surface area contributed by atoms with Gasteiger partial charge in [-0.15, -0.1) is 0 Å². The summed E-state index contributed by atoms with van der Waals surface area (Å²) in [6, 6.07) is 8.01. The summed E-state index contributed by atoms with van der Waals surface area (Å²) in [7, 11) is 6.36. The van der Waals surface area contributed by atoms with Crippen LogP contribution in [-0.2, 0) is 6.61 Å². The summed E-state index contributed by atoms with van der Waals surface area (Å²) in [5, 5.41) is 8.83. The highest BCUT2D eigenvalue weighted by molar-refractivity contribution is 5.42. The van der Waals surface area contributed by atoms with Gasteiger partial charge in [-0.1, -0.05) is 12.1 Å². The molecule has 0 fully saturated rings. The van der Waals surface area contributed by atoms with E-state index in [1.807, 2.05) is 24.3 Å². The van der Waals surface area contributed by atoms with E-state index in [-0.39, 0.29) is 6.61 Å². The molecule has 1 aromatic rings. The molecule has 0 unspecified atom stereocenters. The van der Waals surface area contributed by atoms with Crippen LogP contribution in [-0.4, -0.2) is 26.2 Å². The predicted octanol–water partition coefficient (Wildman–Crippen LogP) is 1.38. The van der Waals surface area contributed by atoms with Crippen LogP contribution in [0, 0.1) is 0 Å². The zero-order valence-electron chi connectivity index (χ0n) is 7.91. The zero-order chi connectivity index (χ0) is 9.19. The second-order valence-electron chi connectivity index (χ2n) is 3.84. The highest BCUT2D eigenvalue weighted by Gasteiger charge is 2.10. The first-order chi connectivity index (χ1) is 5.54. The maximum Gasteiger partial charge on any atom is 0.132 e. The molecule has 0 aromatic heterocycles. The van der Waals surface area contributed by atoms with Gasteiger partial charge in [0.2, 0.25) is 0 Å². The third-order valence-electron chi connectivity index (χ3n) is 1.89. The quantitative estimate of drug-likeness (QED) is 0.658. The van der Waals surface area contributed by atoms with Crippen LogP contribution in [0.3, 0.4) is 0 Å². The van der Waals surface area contributed by atoms with Crippen molar-refractivity contribution >= 4 is 5.69 Å². The van der Waals surface area contributed by atoms with Gasteiger partial charge >= 0.3 is 0 Å². The molecular formula is C10H16NO+. The molecule has 0 atom stereocenters. The lowest BCUT2D eigenvalue weighted by Gasteiger charge is -2.23. The van der Waals surface area contributed by atoms with Crippen molar-refractivity contribution in [2.75, 3.05) is 21.1 Å². The molecule has 1 aromatic carbocycles. The Morgan fingerprint density at radius 2 is 1.58 bits per heavy atom. The fraction of sp³-hybridized carbons (Fsp3) is 0.400. The minimum absolute atomic E-state index is 0.122. The maximum absolute atomic E-state index is 8.83. The minimum Gasteiger partial charge on any atom is -0.392 e. The number of hydrogen-bond acceptors (Lipinski definition) is 1. The molecular weight excluding hydrogens is 150 g/mol. The van der Waals surface area contributed by atoms with E-state index in [0.29, 0.717) is 0 Å². The van der Waals surface area contributed by atoms with Crippen LogP contribution in [0.4, 0.5) is 5.69 Å². The van der Waals surface area contributed by atoms with Gasteiger partial charge in [-0.2, -0.15) is 0 Å². The molecule has 66 valence electrons. The summed E-state index contributed by atoms with van der Waals surface area (Å²) in [6.07, 6.45) is 0. The molecule has 0 amide bonds. The molecule has 0 aliphatic heterocycles. The Balaban J connectivity index is 2.93. The van der Waals surface area contributed by atoms with Crippen molar-refractivity contribution < 1.29 is 5.11 Å². The second-order valence-corrected chi connectivity index (χ2v) is 3.84. The van der Waals surface area contributed by atoms with Gasteiger partial charge in [-0.25, -0.2) is 0 Å². The molecule has 0 heterocycles. The number of hydrogen-bond donors (Lipinski definition) is 1. The lowest BCUT2D eigenvalue weighted by atomic mass is 10.2. The summed E-state index contributed by atoms with van der Waals surface area (Å²) < 4.78 is 0.811. The molecule has 0 spiro atoms. The molecule has 2 heteroatoms. The van der Waals surface area contributed by atoms with E-state index in [2.05, 4.69) is 21.1 Å². The van der Waals surface area contributed by atoms with Crippen molar-refractivity contribution in [2.24, 2.45) is 0 Å². The number of nitrogens with zero attached hydrogens (tertiary/aromatic N) is 1. The number of aliphatic hydroxyl groups excluding tert-OH is 1. The Hall–Kier alpha value is -0.860. The summed E-state index contributed by atoms with van der Waals surface area (Å²) in [6.45, 7) is 0.122. The van der Waals surface area contributed by atoms with Gasteiger partial charge in [-0.05, 0) is 17.7 Å². The molecule has 12 heavy (non-hydrogen) atoms. The third-order valence-corrected chi connectivity index (χ3v) is 1.89. The first-order valence-corrected chi connectivity index (χ1v) is 4.06. The molecule has 0 aliphatic rings. The van der Waals surface area contributed by atoms with Gasteiger partial charge < -0.3 is 5.11 Å². The van der Waals surface area contributed by atoms with Crippen molar-refractivity contribution in [1.82, 2.24) is 4.48 Å². The van der Waals surface area contributed by atoms with Crippen LogP contribution in [0.25, 0.3) is 0 Å². The van der Waals surface area contributed by atoms with Gasteiger partial charge in [0.05, 0.1) is 27.7 Å². The zero-order valence-corrected chi connectivity index (χ0v) is 7.91. The molecule has 1 N–H and O–H groups in total. The molecule has 0 radical (unpaired) electrons. The number of rotatable bonds is 2. The van der Waals surface area contributed by atoms with E-state index in [1.54, 1.807) is 0 Å². The Morgan fingerprint density at radius 3 is 1.92 bits per heavy atom. The van der Waals surface area contributed by atoms with Crippen LogP contribution in [0.1, 0.15) is 5.56 Å². The molecule has 0 saturated heterocycles. The van der Waals surface area contributed by atoms with E-state index >= 15 is 0 Å². The lowest BCUT2D eigenvalue weighted by Crippen LogP contribution is -2.34. The summed E-state index contributed by atoms with van der Waals surface area (Å²) in [5.41, 5.74) is 2.21. The molecule has 2 nitrogen and oxygen atoms in total. The van der Waals surface area contributed by atoms with Gasteiger partial charge in [0.1, 0.15) is 5.69 Å². The fourth-order valence-electron chi connectivity index (χ4n) is 1.05. The standard InChI is InChI=1S/C10H16NO/c1-11(2,3)10-6-4-9(8-12)5-7-10/h4-7,12H,8H2,1-3H3/q+1. The topological polar surface area (TPSA) is 20.2 Å². The van der Waals surface area contributed by atoms with Crippen molar-refractivity contribution in [3.05, 3.63) is 29.8 Å². The van der Waals surface area contributed by atoms with Crippen LogP contribution >= 0.6 is 0 Å². The Bertz CT molecular complexity index is 246. The van der Waals surface area contributed by atoms with Crippen LogP contribution in [0.2, 0.25) is 0 Å². The van der Waals surface area contributed by atoms with Gasteiger partial charge in [0.15, 0.2) is 0 Å². The van der Waals surface area contributed by atoms with Crippen molar-refractivity contribution in [3.8, 4) is 0 Å². The summed E-state index contributed by atoms with van der Waals surface area (Å²) >= 11 is 0. The highest BCUT2D eigenvalue weighted by atomic mass is 16.3. The molecule has 1 rings (SSSR count). The number of benzene rings is 1. The molecule has 0 bridgehead atoms. The highest BCUT2D eigenvalue weighted by Crippen LogP contribution is 2.16.